The van der Waals surface area contributed by atoms with Crippen molar-refractivity contribution >= 4 is 15.8 Å². The fourth-order valence-electron chi connectivity index (χ4n) is 2.55. The van der Waals surface area contributed by atoms with Gasteiger partial charge in [-0.1, -0.05) is 30.3 Å². The van der Waals surface area contributed by atoms with Gasteiger partial charge in [0.1, 0.15) is 5.82 Å². The number of hydrogen-bond acceptors (Lipinski definition) is 5. The molecule has 0 spiro atoms. The minimum Gasteiger partial charge on any atom is -0.396 e. The van der Waals surface area contributed by atoms with Crippen LogP contribution in [-0.4, -0.2) is 25.1 Å². The van der Waals surface area contributed by atoms with Crippen molar-refractivity contribution in [2.75, 3.05) is 11.3 Å². The van der Waals surface area contributed by atoms with Crippen LogP contribution >= 0.6 is 0 Å². The number of aromatic nitrogens is 1. The van der Waals surface area contributed by atoms with E-state index in [1.54, 1.807) is 42.5 Å². The highest BCUT2D eigenvalue weighted by Crippen LogP contribution is 2.23. The maximum Gasteiger partial charge on any atom is 0.263 e. The highest BCUT2D eigenvalue weighted by atomic mass is 32.2. The Morgan fingerprint density at radius 1 is 0.963 bits per heavy atom. The minimum atomic E-state index is -3.77. The van der Waals surface area contributed by atoms with Gasteiger partial charge >= 0.3 is 0 Å². The molecular weight excluding hydrogens is 362 g/mol. The molecule has 27 heavy (non-hydrogen) atoms. The predicted molar refractivity (Wildman–Crippen MR) is 102 cm³/mol. The Kier molecular flexibility index (Phi) is 5.50. The SMILES string of the molecule is N#Cc1ccc(-c2ccc(S(=O)(=O)Nc3cccc(CCO)n3)cc2)cc1. The Morgan fingerprint density at radius 3 is 2.19 bits per heavy atom. The van der Waals surface area contributed by atoms with Gasteiger partial charge in [-0.05, 0) is 47.5 Å². The van der Waals surface area contributed by atoms with E-state index >= 15 is 0 Å². The van der Waals surface area contributed by atoms with Crippen molar-refractivity contribution in [3.8, 4) is 17.2 Å². The van der Waals surface area contributed by atoms with E-state index < -0.39 is 10.0 Å². The number of anilines is 1. The quantitative estimate of drug-likeness (QED) is 0.685. The Hall–Kier alpha value is -3.21. The van der Waals surface area contributed by atoms with E-state index in [9.17, 15) is 8.42 Å². The van der Waals surface area contributed by atoms with E-state index in [0.29, 0.717) is 17.7 Å². The lowest BCUT2D eigenvalue weighted by molar-refractivity contribution is 0.298. The lowest BCUT2D eigenvalue weighted by Gasteiger charge is -2.09. The van der Waals surface area contributed by atoms with Crippen molar-refractivity contribution in [3.05, 3.63) is 78.0 Å². The van der Waals surface area contributed by atoms with Gasteiger partial charge in [0.2, 0.25) is 0 Å². The summed E-state index contributed by atoms with van der Waals surface area (Å²) in [6, 6.07) is 20.6. The maximum absolute atomic E-state index is 12.6. The number of nitrogens with zero attached hydrogens (tertiary/aromatic N) is 2. The first-order chi connectivity index (χ1) is 13.0. The topological polar surface area (TPSA) is 103 Å². The highest BCUT2D eigenvalue weighted by molar-refractivity contribution is 7.92. The summed E-state index contributed by atoms with van der Waals surface area (Å²) in [6.07, 6.45) is 0.356. The Labute approximate surface area is 157 Å². The largest absolute Gasteiger partial charge is 0.396 e. The summed E-state index contributed by atoms with van der Waals surface area (Å²) in [5.41, 5.74) is 2.91. The molecule has 0 saturated carbocycles. The van der Waals surface area contributed by atoms with Gasteiger partial charge in [-0.3, -0.25) is 4.72 Å². The van der Waals surface area contributed by atoms with Crippen LogP contribution in [0.5, 0.6) is 0 Å². The smallest absolute Gasteiger partial charge is 0.263 e. The van der Waals surface area contributed by atoms with Gasteiger partial charge in [0.15, 0.2) is 0 Å². The van der Waals surface area contributed by atoms with Gasteiger partial charge < -0.3 is 5.11 Å². The number of aliphatic hydroxyl groups excluding tert-OH is 1. The van der Waals surface area contributed by atoms with Gasteiger partial charge in [0, 0.05) is 18.7 Å². The van der Waals surface area contributed by atoms with Crippen molar-refractivity contribution in [2.45, 2.75) is 11.3 Å². The van der Waals surface area contributed by atoms with Crippen molar-refractivity contribution in [1.82, 2.24) is 4.98 Å². The number of nitrogens with one attached hydrogen (secondary N) is 1. The van der Waals surface area contributed by atoms with Crippen LogP contribution in [-0.2, 0) is 16.4 Å². The third-order valence-corrected chi connectivity index (χ3v) is 5.30. The van der Waals surface area contributed by atoms with E-state index in [1.165, 1.54) is 12.1 Å². The zero-order chi connectivity index (χ0) is 19.3. The first-order valence-electron chi connectivity index (χ1n) is 8.22. The van der Waals surface area contributed by atoms with E-state index in [1.807, 2.05) is 12.1 Å². The molecule has 0 bridgehead atoms. The average Bonchev–Trinajstić information content (AvgIpc) is 2.68. The van der Waals surface area contributed by atoms with Crippen LogP contribution in [0, 0.1) is 11.3 Å². The van der Waals surface area contributed by atoms with Gasteiger partial charge in [-0.2, -0.15) is 5.26 Å². The molecule has 6 nitrogen and oxygen atoms in total. The van der Waals surface area contributed by atoms with Crippen molar-refractivity contribution in [3.63, 3.8) is 0 Å². The second kappa shape index (κ2) is 7.99. The summed E-state index contributed by atoms with van der Waals surface area (Å²) < 4.78 is 27.6. The number of nitriles is 1. The van der Waals surface area contributed by atoms with Crippen molar-refractivity contribution in [2.24, 2.45) is 0 Å². The fraction of sp³-hybridized carbons (Fsp3) is 0.100. The molecular formula is C20H17N3O3S. The highest BCUT2D eigenvalue weighted by Gasteiger charge is 2.15. The maximum atomic E-state index is 12.6. The molecule has 0 atom stereocenters. The van der Waals surface area contributed by atoms with E-state index in [4.69, 9.17) is 10.4 Å². The van der Waals surface area contributed by atoms with Crippen LogP contribution in [0.25, 0.3) is 11.1 Å². The molecule has 3 rings (SSSR count). The predicted octanol–water partition coefficient (Wildman–Crippen LogP) is 2.96. The number of hydrogen-bond donors (Lipinski definition) is 2. The van der Waals surface area contributed by atoms with Crippen LogP contribution in [0.15, 0.2) is 71.6 Å². The molecule has 0 aliphatic rings. The molecule has 0 saturated heterocycles. The summed E-state index contributed by atoms with van der Waals surface area (Å²) in [7, 11) is -3.77. The standard InChI is InChI=1S/C20H17N3O3S/c21-14-15-4-6-16(7-5-15)17-8-10-19(11-9-17)27(25,26)23-20-3-1-2-18(22-20)12-13-24/h1-11,24H,12-13H2,(H,22,23). The first kappa shape index (κ1) is 18.6. The molecule has 0 radical (unpaired) electrons. The van der Waals surface area contributed by atoms with Crippen molar-refractivity contribution < 1.29 is 13.5 Å². The average molecular weight is 379 g/mol. The van der Waals surface area contributed by atoms with Crippen LogP contribution < -0.4 is 4.72 Å². The van der Waals surface area contributed by atoms with Crippen molar-refractivity contribution in [1.29, 1.82) is 5.26 Å². The van der Waals surface area contributed by atoms with Crippen LogP contribution in [0.3, 0.4) is 0 Å². The normalized spacial score (nSPS) is 11.0. The van der Waals surface area contributed by atoms with Crippen LogP contribution in [0.4, 0.5) is 5.82 Å². The molecule has 1 heterocycles. The second-order valence-electron chi connectivity index (χ2n) is 5.81. The van der Waals surface area contributed by atoms with Crippen LogP contribution in [0.1, 0.15) is 11.3 Å². The zero-order valence-electron chi connectivity index (χ0n) is 14.3. The number of pyridine rings is 1. The van der Waals surface area contributed by atoms with Gasteiger partial charge in [-0.25, -0.2) is 13.4 Å². The summed E-state index contributed by atoms with van der Waals surface area (Å²) in [5.74, 6) is 0.206. The molecule has 0 aliphatic carbocycles. The lowest BCUT2D eigenvalue weighted by Crippen LogP contribution is -2.14. The summed E-state index contributed by atoms with van der Waals surface area (Å²) in [4.78, 5) is 4.30. The van der Waals surface area contributed by atoms with Gasteiger partial charge in [0.05, 0.1) is 16.5 Å². The minimum absolute atomic E-state index is 0.0555. The third-order valence-electron chi connectivity index (χ3n) is 3.93. The molecule has 7 heteroatoms. The summed E-state index contributed by atoms with van der Waals surface area (Å²) in [6.45, 7) is -0.0555. The third kappa shape index (κ3) is 4.50. The number of aliphatic hydroxyl groups is 1. The second-order valence-corrected chi connectivity index (χ2v) is 7.49. The molecule has 3 aromatic rings. The van der Waals surface area contributed by atoms with Gasteiger partial charge in [0.25, 0.3) is 10.0 Å². The summed E-state index contributed by atoms with van der Waals surface area (Å²) in [5, 5.41) is 17.8. The summed E-state index contributed by atoms with van der Waals surface area (Å²) >= 11 is 0. The van der Waals surface area contributed by atoms with E-state index in [-0.39, 0.29) is 17.3 Å². The monoisotopic (exact) mass is 379 g/mol. The van der Waals surface area contributed by atoms with Crippen LogP contribution in [0.2, 0.25) is 0 Å². The molecule has 1 aromatic heterocycles. The Morgan fingerprint density at radius 2 is 1.59 bits per heavy atom. The van der Waals surface area contributed by atoms with Gasteiger partial charge in [-0.15, -0.1) is 0 Å². The Balaban J connectivity index is 1.80. The number of rotatable bonds is 6. The van der Waals surface area contributed by atoms with E-state index in [2.05, 4.69) is 15.8 Å². The molecule has 0 aliphatic heterocycles. The molecule has 0 amide bonds. The van der Waals surface area contributed by atoms with E-state index in [0.717, 1.165) is 11.1 Å². The number of sulfonamides is 1. The molecule has 0 unspecified atom stereocenters. The Bertz CT molecular complexity index is 1070. The molecule has 2 N–H and O–H groups in total. The lowest BCUT2D eigenvalue weighted by atomic mass is 10.0. The molecule has 2 aromatic carbocycles. The fourth-order valence-corrected chi connectivity index (χ4v) is 3.55. The number of benzene rings is 2. The first-order valence-corrected chi connectivity index (χ1v) is 9.70. The zero-order valence-corrected chi connectivity index (χ0v) is 15.1. The molecule has 0 fully saturated rings. The molecule has 136 valence electrons.